The first kappa shape index (κ1) is 16.3. The van der Waals surface area contributed by atoms with Gasteiger partial charge in [-0.3, -0.25) is 10.4 Å². The summed E-state index contributed by atoms with van der Waals surface area (Å²) in [5.41, 5.74) is 0.895. The van der Waals surface area contributed by atoms with Crippen LogP contribution in [0.5, 0.6) is 0 Å². The van der Waals surface area contributed by atoms with Crippen LogP contribution < -0.4 is 5.32 Å². The molecule has 9 heteroatoms. The molecule has 2 aromatic heterocycles. The summed E-state index contributed by atoms with van der Waals surface area (Å²) in [6.07, 6.45) is -0.350. The minimum atomic E-state index is -0.350. The average molecular weight is 354 g/mol. The number of hydrogen-bond donors (Lipinski definition) is 2. The van der Waals surface area contributed by atoms with Crippen molar-refractivity contribution < 1.29 is 14.1 Å². The van der Waals surface area contributed by atoms with Crippen LogP contribution in [0.15, 0.2) is 40.9 Å². The number of anilines is 1. The molecule has 0 bridgehead atoms. The molecule has 1 fully saturated rings. The van der Waals surface area contributed by atoms with Crippen molar-refractivity contribution >= 4 is 11.8 Å². The van der Waals surface area contributed by atoms with E-state index < -0.39 is 0 Å². The van der Waals surface area contributed by atoms with Gasteiger partial charge in [0.25, 0.3) is 0 Å². The van der Waals surface area contributed by atoms with Gasteiger partial charge in [-0.2, -0.15) is 5.10 Å². The number of nitrogens with one attached hydrogen (secondary N) is 2. The summed E-state index contributed by atoms with van der Waals surface area (Å²) in [4.78, 5) is 18.4. The highest BCUT2D eigenvalue weighted by atomic mass is 16.5. The van der Waals surface area contributed by atoms with Crippen molar-refractivity contribution in [3.05, 3.63) is 48.0 Å². The number of nitrogens with zero attached hydrogens (tertiary/aromatic N) is 4. The highest BCUT2D eigenvalue weighted by molar-refractivity contribution is 5.88. The number of hydrogen-bond acceptors (Lipinski definition) is 6. The summed E-state index contributed by atoms with van der Waals surface area (Å²) in [7, 11) is 0. The van der Waals surface area contributed by atoms with Crippen molar-refractivity contribution in [2.75, 3.05) is 25.0 Å². The van der Waals surface area contributed by atoms with E-state index in [-0.39, 0.29) is 12.1 Å². The van der Waals surface area contributed by atoms with E-state index >= 15 is 0 Å². The van der Waals surface area contributed by atoms with Crippen molar-refractivity contribution in [2.24, 2.45) is 0 Å². The summed E-state index contributed by atoms with van der Waals surface area (Å²) in [6.45, 7) is 3.08. The molecule has 4 rings (SSSR count). The van der Waals surface area contributed by atoms with Gasteiger partial charge in [0.1, 0.15) is 11.9 Å². The van der Waals surface area contributed by atoms with E-state index in [1.165, 1.54) is 0 Å². The molecule has 9 nitrogen and oxygen atoms in total. The molecular formula is C17H18N6O3. The number of ether oxygens (including phenoxy) is 1. The van der Waals surface area contributed by atoms with E-state index in [1.807, 2.05) is 37.3 Å². The van der Waals surface area contributed by atoms with Gasteiger partial charge in [-0.05, 0) is 6.92 Å². The molecule has 1 atom stereocenters. The van der Waals surface area contributed by atoms with Gasteiger partial charge >= 0.3 is 6.03 Å². The van der Waals surface area contributed by atoms with Crippen LogP contribution in [0.25, 0.3) is 11.3 Å². The third-order valence-electron chi connectivity index (χ3n) is 4.06. The Hall–Kier alpha value is -3.20. The normalized spacial score (nSPS) is 17.3. The summed E-state index contributed by atoms with van der Waals surface area (Å²) >= 11 is 0. The van der Waals surface area contributed by atoms with Gasteiger partial charge in [0.2, 0.25) is 0 Å². The van der Waals surface area contributed by atoms with Crippen LogP contribution in [0.3, 0.4) is 0 Å². The number of rotatable bonds is 3. The number of aromatic amines is 1. The quantitative estimate of drug-likeness (QED) is 0.747. The molecule has 1 saturated heterocycles. The zero-order valence-electron chi connectivity index (χ0n) is 14.2. The monoisotopic (exact) mass is 354 g/mol. The zero-order valence-corrected chi connectivity index (χ0v) is 14.2. The lowest BCUT2D eigenvalue weighted by Crippen LogP contribution is -2.44. The lowest BCUT2D eigenvalue weighted by molar-refractivity contribution is -0.0179. The molecule has 1 aromatic carbocycles. The molecule has 2 N–H and O–H groups in total. The van der Waals surface area contributed by atoms with Crippen LogP contribution in [0.1, 0.15) is 17.8 Å². The minimum Gasteiger partial charge on any atom is -0.366 e. The first-order chi connectivity index (χ1) is 12.7. The molecule has 1 aliphatic rings. The zero-order chi connectivity index (χ0) is 17.9. The van der Waals surface area contributed by atoms with Crippen LogP contribution in [-0.2, 0) is 4.74 Å². The molecule has 3 aromatic rings. The molecule has 1 aliphatic heterocycles. The molecule has 0 radical (unpaired) electrons. The molecule has 3 heterocycles. The van der Waals surface area contributed by atoms with E-state index in [1.54, 1.807) is 11.0 Å². The standard InChI is InChI=1S/C17H18N6O3/c1-11-18-16(21-20-11)14-10-23(7-8-25-14)17(24)19-15-9-13(26-22-15)12-5-3-2-4-6-12/h2-6,9,14H,7-8,10H2,1H3,(H,18,20,21)(H,19,22,24). The lowest BCUT2D eigenvalue weighted by Gasteiger charge is -2.31. The number of aromatic nitrogens is 4. The van der Waals surface area contributed by atoms with E-state index in [9.17, 15) is 4.79 Å². The Balaban J connectivity index is 1.41. The summed E-state index contributed by atoms with van der Waals surface area (Å²) in [5, 5.41) is 13.6. The van der Waals surface area contributed by atoms with Crippen molar-refractivity contribution in [3.63, 3.8) is 0 Å². The maximum Gasteiger partial charge on any atom is 0.323 e. The molecule has 1 unspecified atom stereocenters. The van der Waals surface area contributed by atoms with Crippen LogP contribution in [0.4, 0.5) is 10.6 Å². The van der Waals surface area contributed by atoms with E-state index in [2.05, 4.69) is 25.7 Å². The number of morpholine rings is 1. The number of benzene rings is 1. The Kier molecular flexibility index (Phi) is 4.36. The fraction of sp³-hybridized carbons (Fsp3) is 0.294. The molecule has 0 aliphatic carbocycles. The number of H-pyrrole nitrogens is 1. The van der Waals surface area contributed by atoms with Crippen LogP contribution in [0.2, 0.25) is 0 Å². The predicted molar refractivity (Wildman–Crippen MR) is 92.3 cm³/mol. The Morgan fingerprint density at radius 1 is 1.35 bits per heavy atom. The summed E-state index contributed by atoms with van der Waals surface area (Å²) < 4.78 is 11.0. The van der Waals surface area contributed by atoms with E-state index in [0.29, 0.717) is 42.9 Å². The third-order valence-corrected chi connectivity index (χ3v) is 4.06. The Bertz CT molecular complexity index is 891. The Labute approximate surface area is 149 Å². The van der Waals surface area contributed by atoms with Crippen molar-refractivity contribution in [3.8, 4) is 11.3 Å². The smallest absolute Gasteiger partial charge is 0.323 e. The largest absolute Gasteiger partial charge is 0.366 e. The van der Waals surface area contributed by atoms with Gasteiger partial charge < -0.3 is 14.2 Å². The molecule has 26 heavy (non-hydrogen) atoms. The minimum absolute atomic E-state index is 0.265. The van der Waals surface area contributed by atoms with Crippen molar-refractivity contribution in [1.29, 1.82) is 0 Å². The molecule has 0 spiro atoms. The fourth-order valence-corrected chi connectivity index (χ4v) is 2.76. The van der Waals surface area contributed by atoms with Gasteiger partial charge in [-0.15, -0.1) is 0 Å². The lowest BCUT2D eigenvalue weighted by atomic mass is 10.2. The second-order valence-electron chi connectivity index (χ2n) is 5.96. The van der Waals surface area contributed by atoms with Crippen LogP contribution >= 0.6 is 0 Å². The highest BCUT2D eigenvalue weighted by Gasteiger charge is 2.28. The van der Waals surface area contributed by atoms with E-state index in [0.717, 1.165) is 5.56 Å². The molecule has 134 valence electrons. The van der Waals surface area contributed by atoms with Gasteiger partial charge in [0.05, 0.1) is 13.2 Å². The van der Waals surface area contributed by atoms with Gasteiger partial charge in [0.15, 0.2) is 17.4 Å². The van der Waals surface area contributed by atoms with Gasteiger partial charge in [0, 0.05) is 18.2 Å². The summed E-state index contributed by atoms with van der Waals surface area (Å²) in [5.74, 6) is 2.22. The SMILES string of the molecule is Cc1nc(C2CN(C(=O)Nc3cc(-c4ccccc4)on3)CCO2)n[nH]1. The maximum atomic E-state index is 12.5. The third kappa shape index (κ3) is 3.42. The topological polar surface area (TPSA) is 109 Å². The number of urea groups is 1. The number of amides is 2. The second-order valence-corrected chi connectivity index (χ2v) is 5.96. The molecule has 2 amide bonds. The molecule has 0 saturated carbocycles. The second kappa shape index (κ2) is 6.96. The van der Waals surface area contributed by atoms with Crippen molar-refractivity contribution in [1.82, 2.24) is 25.2 Å². The van der Waals surface area contributed by atoms with E-state index in [4.69, 9.17) is 9.26 Å². The summed E-state index contributed by atoms with van der Waals surface area (Å²) in [6, 6.07) is 11.0. The fourth-order valence-electron chi connectivity index (χ4n) is 2.76. The maximum absolute atomic E-state index is 12.5. The van der Waals surface area contributed by atoms with Crippen LogP contribution in [0, 0.1) is 6.92 Å². The number of carbonyl (C=O) groups excluding carboxylic acids is 1. The van der Waals surface area contributed by atoms with Gasteiger partial charge in [-0.1, -0.05) is 35.5 Å². The van der Waals surface area contributed by atoms with Crippen LogP contribution in [-0.4, -0.2) is 51.0 Å². The first-order valence-electron chi connectivity index (χ1n) is 8.27. The van der Waals surface area contributed by atoms with Crippen molar-refractivity contribution in [2.45, 2.75) is 13.0 Å². The Morgan fingerprint density at radius 3 is 2.96 bits per heavy atom. The molecular weight excluding hydrogens is 336 g/mol. The first-order valence-corrected chi connectivity index (χ1v) is 8.27. The number of carbonyl (C=O) groups is 1. The highest BCUT2D eigenvalue weighted by Crippen LogP contribution is 2.23. The predicted octanol–water partition coefficient (Wildman–Crippen LogP) is 2.37. The number of aryl methyl sites for hydroxylation is 1. The average Bonchev–Trinajstić information content (AvgIpc) is 3.32. The Morgan fingerprint density at radius 2 is 2.19 bits per heavy atom. The van der Waals surface area contributed by atoms with Gasteiger partial charge in [-0.25, -0.2) is 9.78 Å².